The Hall–Kier alpha value is -1.70. The number of esters is 1. The van der Waals surface area contributed by atoms with Gasteiger partial charge < -0.3 is 9.30 Å². The average Bonchev–Trinajstić information content (AvgIpc) is 3.25. The summed E-state index contributed by atoms with van der Waals surface area (Å²) in [6.45, 7) is 4.14. The van der Waals surface area contributed by atoms with E-state index in [4.69, 9.17) is 10.1 Å². The minimum absolute atomic E-state index is 0.227. The van der Waals surface area contributed by atoms with Gasteiger partial charge in [-0.05, 0) is 48.6 Å². The summed E-state index contributed by atoms with van der Waals surface area (Å²) < 4.78 is 9.36. The van der Waals surface area contributed by atoms with E-state index in [-0.39, 0.29) is 11.9 Å². The van der Waals surface area contributed by atoms with Crippen LogP contribution in [-0.4, -0.2) is 23.0 Å². The molecule has 2 aliphatic heterocycles. The van der Waals surface area contributed by atoms with Gasteiger partial charge in [-0.3, -0.25) is 5.41 Å². The molecular weight excluding hydrogens is 456 g/mol. The van der Waals surface area contributed by atoms with Crippen LogP contribution >= 0.6 is 39.5 Å². The number of rotatable bonds is 5. The van der Waals surface area contributed by atoms with Gasteiger partial charge in [0.25, 0.3) is 0 Å². The number of ether oxygens (including phenoxy) is 1. The quantitative estimate of drug-likeness (QED) is 0.547. The molecule has 144 valence electrons. The number of aromatic nitrogens is 1. The van der Waals surface area contributed by atoms with Crippen molar-refractivity contribution in [1.29, 1.82) is 5.41 Å². The second-order valence-electron chi connectivity index (χ2n) is 6.49. The fraction of sp³-hybridized carbons (Fsp3) is 0.238. The third-order valence-electron chi connectivity index (χ3n) is 4.77. The van der Waals surface area contributed by atoms with Crippen molar-refractivity contribution in [1.82, 2.24) is 4.57 Å². The zero-order chi connectivity index (χ0) is 19.8. The Balaban J connectivity index is 1.71. The van der Waals surface area contributed by atoms with E-state index in [9.17, 15) is 4.79 Å². The maximum atomic E-state index is 12.7. The lowest BCUT2D eigenvalue weighted by molar-refractivity contribution is -0.138. The highest BCUT2D eigenvalue weighted by Gasteiger charge is 2.43. The van der Waals surface area contributed by atoms with Crippen LogP contribution in [0.4, 0.5) is 0 Å². The molecule has 0 saturated heterocycles. The zero-order valence-electron chi connectivity index (χ0n) is 15.5. The SMILES string of the molecule is CCOC(=O)C1=C(C)SC(SCc2ccc(Br)cc2)=C2C(=N)n3cccc3C12. The first-order valence-electron chi connectivity index (χ1n) is 8.95. The molecular formula is C21H19BrN2O2S2. The lowest BCUT2D eigenvalue weighted by atomic mass is 9.90. The minimum Gasteiger partial charge on any atom is -0.463 e. The van der Waals surface area contributed by atoms with Crippen LogP contribution in [0.1, 0.15) is 31.0 Å². The van der Waals surface area contributed by atoms with Crippen molar-refractivity contribution in [3.05, 3.63) is 78.6 Å². The van der Waals surface area contributed by atoms with Gasteiger partial charge in [0.2, 0.25) is 0 Å². The second kappa shape index (κ2) is 7.97. The van der Waals surface area contributed by atoms with Crippen LogP contribution in [0.25, 0.3) is 0 Å². The van der Waals surface area contributed by atoms with E-state index >= 15 is 0 Å². The topological polar surface area (TPSA) is 55.1 Å². The maximum absolute atomic E-state index is 12.7. The van der Waals surface area contributed by atoms with Gasteiger partial charge in [-0.25, -0.2) is 4.79 Å². The van der Waals surface area contributed by atoms with Crippen LogP contribution in [0.5, 0.6) is 0 Å². The number of allylic oxidation sites excluding steroid dienone is 2. The molecule has 7 heteroatoms. The molecule has 2 aromatic rings. The predicted octanol–water partition coefficient (Wildman–Crippen LogP) is 5.90. The Morgan fingerprint density at radius 3 is 2.79 bits per heavy atom. The number of fused-ring (bicyclic) bond motifs is 3. The molecule has 0 aliphatic carbocycles. The lowest BCUT2D eigenvalue weighted by Gasteiger charge is -2.25. The number of carbonyl (C=O) groups is 1. The summed E-state index contributed by atoms with van der Waals surface area (Å²) in [5.41, 5.74) is 3.76. The van der Waals surface area contributed by atoms with Crippen LogP contribution in [0.15, 0.2) is 67.4 Å². The first-order valence-corrected chi connectivity index (χ1v) is 11.5. The minimum atomic E-state index is -0.283. The molecule has 1 atom stereocenters. The van der Waals surface area contributed by atoms with Gasteiger partial charge in [-0.1, -0.05) is 39.8 Å². The van der Waals surface area contributed by atoms with Crippen LogP contribution in [-0.2, 0) is 15.3 Å². The number of nitrogens with zero attached hydrogens (tertiary/aromatic N) is 1. The van der Waals surface area contributed by atoms with Gasteiger partial charge in [0.1, 0.15) is 5.84 Å². The van der Waals surface area contributed by atoms with Crippen molar-refractivity contribution in [3.8, 4) is 0 Å². The Morgan fingerprint density at radius 2 is 2.07 bits per heavy atom. The molecule has 0 spiro atoms. The Kier molecular flexibility index (Phi) is 5.58. The molecule has 0 amide bonds. The van der Waals surface area contributed by atoms with Crippen molar-refractivity contribution in [2.75, 3.05) is 6.61 Å². The highest BCUT2D eigenvalue weighted by Crippen LogP contribution is 2.54. The highest BCUT2D eigenvalue weighted by atomic mass is 79.9. The summed E-state index contributed by atoms with van der Waals surface area (Å²) >= 11 is 6.78. The maximum Gasteiger partial charge on any atom is 0.335 e. The van der Waals surface area contributed by atoms with Crippen molar-refractivity contribution in [2.24, 2.45) is 0 Å². The smallest absolute Gasteiger partial charge is 0.335 e. The molecule has 0 fully saturated rings. The number of halogens is 1. The molecule has 1 unspecified atom stereocenters. The third kappa shape index (κ3) is 3.40. The van der Waals surface area contributed by atoms with Gasteiger partial charge >= 0.3 is 5.97 Å². The van der Waals surface area contributed by atoms with Crippen LogP contribution in [0.3, 0.4) is 0 Å². The molecule has 0 bridgehead atoms. The molecule has 1 aromatic heterocycles. The summed E-state index contributed by atoms with van der Waals surface area (Å²) in [4.78, 5) is 13.7. The molecule has 0 saturated carbocycles. The van der Waals surface area contributed by atoms with E-state index in [0.717, 1.165) is 30.6 Å². The number of hydrogen-bond donors (Lipinski definition) is 1. The van der Waals surface area contributed by atoms with Gasteiger partial charge in [0.05, 0.1) is 22.3 Å². The first kappa shape index (κ1) is 19.6. The fourth-order valence-electron chi connectivity index (χ4n) is 3.51. The third-order valence-corrected chi connectivity index (χ3v) is 7.80. The van der Waals surface area contributed by atoms with Gasteiger partial charge in [0, 0.05) is 27.7 Å². The van der Waals surface area contributed by atoms with E-state index in [1.54, 1.807) is 23.5 Å². The molecule has 4 nitrogen and oxygen atoms in total. The van der Waals surface area contributed by atoms with Crippen LogP contribution < -0.4 is 0 Å². The first-order chi connectivity index (χ1) is 13.5. The summed E-state index contributed by atoms with van der Waals surface area (Å²) in [6.07, 6.45) is 1.89. The van der Waals surface area contributed by atoms with Crippen molar-refractivity contribution in [2.45, 2.75) is 25.5 Å². The number of carbonyl (C=O) groups excluding carboxylic acids is 1. The lowest BCUT2D eigenvalue weighted by Crippen LogP contribution is -2.19. The van der Waals surface area contributed by atoms with Crippen molar-refractivity contribution < 1.29 is 9.53 Å². The van der Waals surface area contributed by atoms with Crippen LogP contribution in [0, 0.1) is 5.41 Å². The van der Waals surface area contributed by atoms with Crippen LogP contribution in [0.2, 0.25) is 0 Å². The Morgan fingerprint density at radius 1 is 1.32 bits per heavy atom. The monoisotopic (exact) mass is 474 g/mol. The van der Waals surface area contributed by atoms with E-state index in [0.29, 0.717) is 18.0 Å². The molecule has 1 N–H and O–H groups in total. The van der Waals surface area contributed by atoms with Gasteiger partial charge in [0.15, 0.2) is 0 Å². The largest absolute Gasteiger partial charge is 0.463 e. The normalized spacial score (nSPS) is 18.4. The van der Waals surface area contributed by atoms with Gasteiger partial charge in [-0.15, -0.1) is 11.8 Å². The Bertz CT molecular complexity index is 1020. The van der Waals surface area contributed by atoms with Crippen molar-refractivity contribution in [3.63, 3.8) is 0 Å². The molecule has 4 rings (SSSR count). The molecule has 2 aliphatic rings. The van der Waals surface area contributed by atoms with Crippen molar-refractivity contribution >= 4 is 51.3 Å². The number of thioether (sulfide) groups is 2. The predicted molar refractivity (Wildman–Crippen MR) is 120 cm³/mol. The number of hydrogen-bond acceptors (Lipinski definition) is 5. The van der Waals surface area contributed by atoms with E-state index in [2.05, 4.69) is 28.1 Å². The molecule has 28 heavy (non-hydrogen) atoms. The summed E-state index contributed by atoms with van der Waals surface area (Å²) in [5.74, 6) is 0.755. The number of nitrogens with one attached hydrogen (secondary N) is 1. The standard InChI is InChI=1S/C21H19BrN2O2S2/c1-3-26-20(25)16-12(2)28-21(27-11-13-6-8-14(22)9-7-13)18-17(16)15-5-4-10-24(15)19(18)23/h4-10,17,23H,3,11H2,1-2H3. The summed E-state index contributed by atoms with van der Waals surface area (Å²) in [5, 5.41) is 8.71. The fourth-order valence-corrected chi connectivity index (χ4v) is 6.34. The molecule has 3 heterocycles. The zero-order valence-corrected chi connectivity index (χ0v) is 18.7. The Labute approximate surface area is 181 Å². The van der Waals surface area contributed by atoms with E-state index in [1.807, 2.05) is 48.9 Å². The summed E-state index contributed by atoms with van der Waals surface area (Å²) in [7, 11) is 0. The summed E-state index contributed by atoms with van der Waals surface area (Å²) in [6, 6.07) is 12.2. The van der Waals surface area contributed by atoms with E-state index < -0.39 is 0 Å². The average molecular weight is 475 g/mol. The second-order valence-corrected chi connectivity index (χ2v) is 9.88. The molecule has 0 radical (unpaired) electrons. The number of benzene rings is 1. The van der Waals surface area contributed by atoms with Gasteiger partial charge in [-0.2, -0.15) is 0 Å². The van der Waals surface area contributed by atoms with E-state index in [1.165, 1.54) is 5.56 Å². The molecule has 1 aromatic carbocycles. The highest BCUT2D eigenvalue weighted by molar-refractivity contribution is 9.10.